The van der Waals surface area contributed by atoms with E-state index in [4.69, 9.17) is 9.47 Å². The van der Waals surface area contributed by atoms with Gasteiger partial charge < -0.3 is 9.47 Å². The van der Waals surface area contributed by atoms with Crippen molar-refractivity contribution in [1.29, 1.82) is 0 Å². The van der Waals surface area contributed by atoms with E-state index in [1.54, 1.807) is 12.1 Å². The lowest BCUT2D eigenvalue weighted by Crippen LogP contribution is -2.09. The summed E-state index contributed by atoms with van der Waals surface area (Å²) in [4.78, 5) is 23.1. The van der Waals surface area contributed by atoms with E-state index in [0.29, 0.717) is 44.0 Å². The van der Waals surface area contributed by atoms with E-state index in [1.807, 2.05) is 18.2 Å². The summed E-state index contributed by atoms with van der Waals surface area (Å²) in [5.74, 6) is 0.739. The van der Waals surface area contributed by atoms with Gasteiger partial charge in [0, 0.05) is 12.8 Å². The molecule has 0 heterocycles. The summed E-state index contributed by atoms with van der Waals surface area (Å²) in [5.41, 5.74) is 0. The first-order valence-electron chi connectivity index (χ1n) is 7.99. The number of hydrogen-bond donors (Lipinski definition) is 0. The molecule has 0 aliphatic heterocycles. The van der Waals surface area contributed by atoms with E-state index in [2.05, 4.69) is 13.8 Å². The molecular formula is C18H26O4. The van der Waals surface area contributed by atoms with Crippen molar-refractivity contribution in [3.8, 4) is 5.75 Å². The SMILES string of the molecule is CC(C)CCCOC(=O)CCCCC(=O)Oc1ccccc1. The maximum atomic E-state index is 11.6. The summed E-state index contributed by atoms with van der Waals surface area (Å²) in [5, 5.41) is 0. The first-order chi connectivity index (χ1) is 10.6. The molecule has 0 atom stereocenters. The number of esters is 2. The number of rotatable bonds is 10. The summed E-state index contributed by atoms with van der Waals surface area (Å²) in [7, 11) is 0. The van der Waals surface area contributed by atoms with Crippen LogP contribution in [0.3, 0.4) is 0 Å². The zero-order valence-corrected chi connectivity index (χ0v) is 13.5. The highest BCUT2D eigenvalue weighted by Gasteiger charge is 2.07. The Morgan fingerprint density at radius 2 is 1.59 bits per heavy atom. The molecule has 0 aliphatic rings. The molecule has 0 aliphatic carbocycles. The normalized spacial score (nSPS) is 10.5. The van der Waals surface area contributed by atoms with E-state index >= 15 is 0 Å². The third-order valence-corrected chi connectivity index (χ3v) is 3.18. The van der Waals surface area contributed by atoms with Crippen molar-refractivity contribution in [2.75, 3.05) is 6.61 Å². The monoisotopic (exact) mass is 306 g/mol. The van der Waals surface area contributed by atoms with Crippen LogP contribution in [0.5, 0.6) is 5.75 Å². The molecule has 0 bridgehead atoms. The molecule has 0 N–H and O–H groups in total. The van der Waals surface area contributed by atoms with Gasteiger partial charge in [0.1, 0.15) is 5.75 Å². The molecule has 0 fully saturated rings. The Bertz CT molecular complexity index is 440. The molecule has 0 saturated heterocycles. The summed E-state index contributed by atoms with van der Waals surface area (Å²) >= 11 is 0. The standard InChI is InChI=1S/C18H26O4/c1-15(2)9-8-14-21-17(19)12-6-7-13-18(20)22-16-10-4-3-5-11-16/h3-5,10-11,15H,6-9,12-14H2,1-2H3. The van der Waals surface area contributed by atoms with Crippen LogP contribution in [0.1, 0.15) is 52.4 Å². The van der Waals surface area contributed by atoms with E-state index in [-0.39, 0.29) is 11.9 Å². The van der Waals surface area contributed by atoms with Crippen LogP contribution in [0.4, 0.5) is 0 Å². The summed E-state index contributed by atoms with van der Waals surface area (Å²) < 4.78 is 10.3. The van der Waals surface area contributed by atoms with Crippen LogP contribution >= 0.6 is 0 Å². The van der Waals surface area contributed by atoms with Gasteiger partial charge in [-0.25, -0.2) is 0 Å². The Balaban J connectivity index is 2.02. The molecule has 0 radical (unpaired) electrons. The smallest absolute Gasteiger partial charge is 0.311 e. The fourth-order valence-corrected chi connectivity index (χ4v) is 1.96. The molecule has 1 aromatic carbocycles. The highest BCUT2D eigenvalue weighted by Crippen LogP contribution is 2.11. The number of unbranched alkanes of at least 4 members (excludes halogenated alkanes) is 1. The lowest BCUT2D eigenvalue weighted by molar-refractivity contribution is -0.144. The second-order valence-electron chi connectivity index (χ2n) is 5.75. The lowest BCUT2D eigenvalue weighted by atomic mass is 10.1. The molecule has 1 rings (SSSR count). The molecule has 0 saturated carbocycles. The molecule has 0 spiro atoms. The van der Waals surface area contributed by atoms with Crippen LogP contribution in [0.15, 0.2) is 30.3 Å². The zero-order chi connectivity index (χ0) is 16.2. The molecule has 0 aromatic heterocycles. The van der Waals surface area contributed by atoms with Crippen molar-refractivity contribution in [3.05, 3.63) is 30.3 Å². The van der Waals surface area contributed by atoms with Crippen LogP contribution < -0.4 is 4.74 Å². The van der Waals surface area contributed by atoms with Crippen LogP contribution in [0, 0.1) is 5.92 Å². The second kappa shape index (κ2) is 10.8. The van der Waals surface area contributed by atoms with E-state index in [1.165, 1.54) is 0 Å². The quantitative estimate of drug-likeness (QED) is 0.370. The highest BCUT2D eigenvalue weighted by molar-refractivity contribution is 5.72. The molecule has 22 heavy (non-hydrogen) atoms. The minimum Gasteiger partial charge on any atom is -0.466 e. The fourth-order valence-electron chi connectivity index (χ4n) is 1.96. The molecule has 0 unspecified atom stereocenters. The van der Waals surface area contributed by atoms with Crippen LogP contribution in [-0.4, -0.2) is 18.5 Å². The van der Waals surface area contributed by atoms with Gasteiger partial charge in [-0.05, 0) is 43.7 Å². The van der Waals surface area contributed by atoms with Gasteiger partial charge in [-0.2, -0.15) is 0 Å². The van der Waals surface area contributed by atoms with Gasteiger partial charge in [0.05, 0.1) is 6.61 Å². The predicted octanol–water partition coefficient (Wildman–Crippen LogP) is 4.13. The molecule has 4 heteroatoms. The number of hydrogen-bond acceptors (Lipinski definition) is 4. The van der Waals surface area contributed by atoms with Gasteiger partial charge in [0.15, 0.2) is 0 Å². The summed E-state index contributed by atoms with van der Waals surface area (Å²) in [6.07, 6.45) is 3.93. The van der Waals surface area contributed by atoms with Crippen molar-refractivity contribution in [2.24, 2.45) is 5.92 Å². The van der Waals surface area contributed by atoms with E-state index < -0.39 is 0 Å². The van der Waals surface area contributed by atoms with E-state index in [0.717, 1.165) is 12.8 Å². The van der Waals surface area contributed by atoms with Crippen molar-refractivity contribution in [2.45, 2.75) is 52.4 Å². The molecule has 0 amide bonds. The number of carbonyl (C=O) groups is 2. The van der Waals surface area contributed by atoms with Crippen LogP contribution in [-0.2, 0) is 14.3 Å². The first-order valence-corrected chi connectivity index (χ1v) is 7.99. The Hall–Kier alpha value is -1.84. The van der Waals surface area contributed by atoms with Crippen molar-refractivity contribution >= 4 is 11.9 Å². The fraction of sp³-hybridized carbons (Fsp3) is 0.556. The molecule has 122 valence electrons. The van der Waals surface area contributed by atoms with Gasteiger partial charge >= 0.3 is 11.9 Å². The third kappa shape index (κ3) is 9.16. The minimum atomic E-state index is -0.267. The number of para-hydroxylation sites is 1. The van der Waals surface area contributed by atoms with Gasteiger partial charge in [-0.1, -0.05) is 32.0 Å². The Morgan fingerprint density at radius 3 is 2.23 bits per heavy atom. The van der Waals surface area contributed by atoms with Gasteiger partial charge in [-0.3, -0.25) is 9.59 Å². The minimum absolute atomic E-state index is 0.180. The summed E-state index contributed by atoms with van der Waals surface area (Å²) in [6, 6.07) is 8.98. The van der Waals surface area contributed by atoms with Gasteiger partial charge in [-0.15, -0.1) is 0 Å². The average Bonchev–Trinajstić information content (AvgIpc) is 2.49. The number of benzene rings is 1. The molecular weight excluding hydrogens is 280 g/mol. The zero-order valence-electron chi connectivity index (χ0n) is 13.5. The highest BCUT2D eigenvalue weighted by atomic mass is 16.5. The predicted molar refractivity (Wildman–Crippen MR) is 85.6 cm³/mol. The first kappa shape index (κ1) is 18.2. The van der Waals surface area contributed by atoms with Gasteiger partial charge in [0.2, 0.25) is 0 Å². The van der Waals surface area contributed by atoms with Gasteiger partial charge in [0.25, 0.3) is 0 Å². The Labute approximate surface area is 132 Å². The molecule has 1 aromatic rings. The topological polar surface area (TPSA) is 52.6 Å². The summed E-state index contributed by atoms with van der Waals surface area (Å²) in [6.45, 7) is 4.79. The second-order valence-corrected chi connectivity index (χ2v) is 5.75. The average molecular weight is 306 g/mol. The van der Waals surface area contributed by atoms with Crippen molar-refractivity contribution < 1.29 is 19.1 Å². The van der Waals surface area contributed by atoms with Crippen LogP contribution in [0.25, 0.3) is 0 Å². The number of carbonyl (C=O) groups excluding carboxylic acids is 2. The van der Waals surface area contributed by atoms with Crippen molar-refractivity contribution in [3.63, 3.8) is 0 Å². The van der Waals surface area contributed by atoms with Crippen LogP contribution in [0.2, 0.25) is 0 Å². The largest absolute Gasteiger partial charge is 0.466 e. The van der Waals surface area contributed by atoms with Crippen molar-refractivity contribution in [1.82, 2.24) is 0 Å². The third-order valence-electron chi connectivity index (χ3n) is 3.18. The van der Waals surface area contributed by atoms with E-state index in [9.17, 15) is 9.59 Å². The molecule has 4 nitrogen and oxygen atoms in total. The Kier molecular flexibility index (Phi) is 8.96. The maximum absolute atomic E-state index is 11.6. The number of ether oxygens (including phenoxy) is 2. The maximum Gasteiger partial charge on any atom is 0.311 e. The lowest BCUT2D eigenvalue weighted by Gasteiger charge is -2.06. The Morgan fingerprint density at radius 1 is 0.955 bits per heavy atom.